The van der Waals surface area contributed by atoms with Gasteiger partial charge in [-0.2, -0.15) is 0 Å². The van der Waals surface area contributed by atoms with E-state index in [4.69, 9.17) is 5.11 Å². The molecule has 1 rings (SSSR count). The summed E-state index contributed by atoms with van der Waals surface area (Å²) in [6, 6.07) is 0. The number of aryl methyl sites for hydroxylation is 1. The van der Waals surface area contributed by atoms with E-state index in [-0.39, 0.29) is 6.42 Å². The fourth-order valence-electron chi connectivity index (χ4n) is 1.86. The van der Waals surface area contributed by atoms with Crippen molar-refractivity contribution in [2.75, 3.05) is 11.9 Å². The van der Waals surface area contributed by atoms with Crippen molar-refractivity contribution in [1.82, 2.24) is 9.97 Å². The molecule has 0 fully saturated rings. The molecule has 0 spiro atoms. The van der Waals surface area contributed by atoms with Gasteiger partial charge in [0.2, 0.25) is 0 Å². The molecule has 0 bridgehead atoms. The number of anilines is 1. The van der Waals surface area contributed by atoms with Gasteiger partial charge in [-0.1, -0.05) is 13.3 Å². The zero-order valence-corrected chi connectivity index (χ0v) is 11.0. The van der Waals surface area contributed by atoms with Gasteiger partial charge in [0.15, 0.2) is 0 Å². The molecule has 1 unspecified atom stereocenters. The van der Waals surface area contributed by atoms with Crippen LogP contribution in [0.5, 0.6) is 0 Å². The van der Waals surface area contributed by atoms with Crippen LogP contribution < -0.4 is 5.32 Å². The Morgan fingerprint density at radius 3 is 2.72 bits per heavy atom. The molecular formula is C13H21N3O2. The minimum atomic E-state index is -0.717. The monoisotopic (exact) mass is 251 g/mol. The summed E-state index contributed by atoms with van der Waals surface area (Å²) in [6.45, 7) is 4.81. The van der Waals surface area contributed by atoms with Gasteiger partial charge < -0.3 is 10.4 Å². The van der Waals surface area contributed by atoms with Crippen LogP contribution in [-0.4, -0.2) is 27.6 Å². The molecule has 0 aromatic carbocycles. The summed E-state index contributed by atoms with van der Waals surface area (Å²) in [6.07, 6.45) is 6.29. The Morgan fingerprint density at radius 2 is 2.11 bits per heavy atom. The molecule has 2 N–H and O–H groups in total. The second kappa shape index (κ2) is 7.63. The number of hydrogen-bond acceptors (Lipinski definition) is 4. The topological polar surface area (TPSA) is 75.1 Å². The van der Waals surface area contributed by atoms with Crippen LogP contribution in [0.25, 0.3) is 0 Å². The molecular weight excluding hydrogens is 230 g/mol. The van der Waals surface area contributed by atoms with E-state index in [1.54, 1.807) is 12.4 Å². The second-order valence-corrected chi connectivity index (χ2v) is 4.41. The minimum absolute atomic E-state index is 0.253. The Bertz CT molecular complexity index is 382. The molecule has 5 heteroatoms. The van der Waals surface area contributed by atoms with Crippen LogP contribution in [0.4, 0.5) is 5.82 Å². The maximum atomic E-state index is 10.5. The van der Waals surface area contributed by atoms with Gasteiger partial charge in [-0.15, -0.1) is 0 Å². The molecule has 5 nitrogen and oxygen atoms in total. The summed E-state index contributed by atoms with van der Waals surface area (Å²) in [4.78, 5) is 18.9. The van der Waals surface area contributed by atoms with Crippen LogP contribution in [0.15, 0.2) is 12.4 Å². The first-order chi connectivity index (χ1) is 8.63. The molecule has 0 amide bonds. The van der Waals surface area contributed by atoms with Crippen LogP contribution in [0.2, 0.25) is 0 Å². The van der Waals surface area contributed by atoms with Gasteiger partial charge in [0.25, 0.3) is 0 Å². The van der Waals surface area contributed by atoms with Crippen LogP contribution >= 0.6 is 0 Å². The van der Waals surface area contributed by atoms with E-state index in [9.17, 15) is 4.79 Å². The van der Waals surface area contributed by atoms with Gasteiger partial charge in [0.05, 0.1) is 5.69 Å². The van der Waals surface area contributed by atoms with E-state index in [1.807, 2.05) is 6.92 Å². The lowest BCUT2D eigenvalue weighted by Crippen LogP contribution is -2.12. The van der Waals surface area contributed by atoms with Crippen molar-refractivity contribution in [3.63, 3.8) is 0 Å². The number of nitrogens with one attached hydrogen (secondary N) is 1. The molecule has 1 atom stereocenters. The Morgan fingerprint density at radius 1 is 1.39 bits per heavy atom. The fourth-order valence-corrected chi connectivity index (χ4v) is 1.86. The molecule has 1 heterocycles. The number of hydrogen-bond donors (Lipinski definition) is 2. The maximum absolute atomic E-state index is 10.5. The van der Waals surface area contributed by atoms with Crippen LogP contribution in [0.1, 0.15) is 38.3 Å². The van der Waals surface area contributed by atoms with E-state index < -0.39 is 5.97 Å². The van der Waals surface area contributed by atoms with E-state index in [0.717, 1.165) is 37.3 Å². The molecule has 0 radical (unpaired) electrons. The molecule has 18 heavy (non-hydrogen) atoms. The first kappa shape index (κ1) is 14.4. The summed E-state index contributed by atoms with van der Waals surface area (Å²) in [7, 11) is 0. The average Bonchev–Trinajstić information content (AvgIpc) is 2.35. The van der Waals surface area contributed by atoms with Crippen LogP contribution in [0, 0.1) is 12.8 Å². The Kier molecular flexibility index (Phi) is 6.11. The maximum Gasteiger partial charge on any atom is 0.303 e. The Labute approximate surface area is 108 Å². The van der Waals surface area contributed by atoms with Crippen LogP contribution in [0.3, 0.4) is 0 Å². The summed E-state index contributed by atoms with van der Waals surface area (Å²) >= 11 is 0. The molecule has 0 saturated heterocycles. The third kappa shape index (κ3) is 5.12. The van der Waals surface area contributed by atoms with Gasteiger partial charge in [0, 0.05) is 25.4 Å². The van der Waals surface area contributed by atoms with Crippen molar-refractivity contribution in [3.8, 4) is 0 Å². The summed E-state index contributed by atoms with van der Waals surface area (Å²) < 4.78 is 0. The fraction of sp³-hybridized carbons (Fsp3) is 0.615. The third-order valence-electron chi connectivity index (χ3n) is 3.07. The zero-order chi connectivity index (χ0) is 13.4. The molecule has 100 valence electrons. The summed E-state index contributed by atoms with van der Waals surface area (Å²) in [5.74, 6) is 0.544. The zero-order valence-electron chi connectivity index (χ0n) is 11.0. The van der Waals surface area contributed by atoms with E-state index in [0.29, 0.717) is 5.92 Å². The second-order valence-electron chi connectivity index (χ2n) is 4.41. The first-order valence-corrected chi connectivity index (χ1v) is 6.36. The minimum Gasteiger partial charge on any atom is -0.481 e. The lowest BCUT2D eigenvalue weighted by atomic mass is 9.97. The number of aromatic nitrogens is 2. The van der Waals surface area contributed by atoms with Crippen LogP contribution in [-0.2, 0) is 4.79 Å². The lowest BCUT2D eigenvalue weighted by Gasteiger charge is -2.14. The molecule has 0 aliphatic heterocycles. The van der Waals surface area contributed by atoms with Crippen molar-refractivity contribution in [1.29, 1.82) is 0 Å². The van der Waals surface area contributed by atoms with Gasteiger partial charge in [-0.3, -0.25) is 9.78 Å². The SMILES string of the molecule is CCC(CCNc1nccnc1C)CCC(=O)O. The summed E-state index contributed by atoms with van der Waals surface area (Å²) in [5, 5.41) is 11.9. The largest absolute Gasteiger partial charge is 0.481 e. The quantitative estimate of drug-likeness (QED) is 0.742. The molecule has 1 aromatic rings. The van der Waals surface area contributed by atoms with Crippen molar-refractivity contribution in [2.24, 2.45) is 5.92 Å². The van der Waals surface area contributed by atoms with Gasteiger partial charge in [-0.25, -0.2) is 4.98 Å². The van der Waals surface area contributed by atoms with Crippen molar-refractivity contribution >= 4 is 11.8 Å². The predicted octanol–water partition coefficient (Wildman–Crippen LogP) is 2.48. The van der Waals surface area contributed by atoms with Gasteiger partial charge >= 0.3 is 5.97 Å². The highest BCUT2D eigenvalue weighted by molar-refractivity contribution is 5.66. The highest BCUT2D eigenvalue weighted by atomic mass is 16.4. The number of nitrogens with zero attached hydrogens (tertiary/aromatic N) is 2. The van der Waals surface area contributed by atoms with Crippen molar-refractivity contribution in [3.05, 3.63) is 18.1 Å². The van der Waals surface area contributed by atoms with E-state index in [2.05, 4.69) is 22.2 Å². The molecule has 0 aliphatic carbocycles. The number of aliphatic carboxylic acids is 1. The lowest BCUT2D eigenvalue weighted by molar-refractivity contribution is -0.137. The average molecular weight is 251 g/mol. The number of carboxylic acids is 1. The highest BCUT2D eigenvalue weighted by Gasteiger charge is 2.09. The third-order valence-corrected chi connectivity index (χ3v) is 3.07. The van der Waals surface area contributed by atoms with Gasteiger partial charge in [-0.05, 0) is 25.7 Å². The first-order valence-electron chi connectivity index (χ1n) is 6.36. The number of rotatable bonds is 8. The Hall–Kier alpha value is -1.65. The molecule has 0 saturated carbocycles. The van der Waals surface area contributed by atoms with E-state index >= 15 is 0 Å². The van der Waals surface area contributed by atoms with E-state index in [1.165, 1.54) is 0 Å². The number of carboxylic acid groups (broad SMARTS) is 1. The molecule has 0 aliphatic rings. The smallest absolute Gasteiger partial charge is 0.303 e. The van der Waals surface area contributed by atoms with Crippen molar-refractivity contribution < 1.29 is 9.90 Å². The Balaban J connectivity index is 2.31. The summed E-state index contributed by atoms with van der Waals surface area (Å²) in [5.41, 5.74) is 0.885. The van der Waals surface area contributed by atoms with Crippen molar-refractivity contribution in [2.45, 2.75) is 39.5 Å². The standard InChI is InChI=1S/C13H21N3O2/c1-3-11(4-5-12(17)18)6-7-15-13-10(2)14-8-9-16-13/h8-9,11H,3-7H2,1-2H3,(H,15,16)(H,17,18). The van der Waals surface area contributed by atoms with Gasteiger partial charge in [0.1, 0.15) is 5.82 Å². The highest BCUT2D eigenvalue weighted by Crippen LogP contribution is 2.16. The number of carbonyl (C=O) groups is 1. The normalized spacial score (nSPS) is 12.1. The predicted molar refractivity (Wildman–Crippen MR) is 70.5 cm³/mol. The molecule has 1 aromatic heterocycles.